The first-order valence-electron chi connectivity index (χ1n) is 7.49. The second-order valence-electron chi connectivity index (χ2n) is 5.53. The van der Waals surface area contributed by atoms with E-state index in [1.807, 2.05) is 42.5 Å². The van der Waals surface area contributed by atoms with Gasteiger partial charge in [-0.05, 0) is 40.8 Å². The van der Waals surface area contributed by atoms with E-state index in [0.29, 0.717) is 12.5 Å². The fourth-order valence-electron chi connectivity index (χ4n) is 2.07. The van der Waals surface area contributed by atoms with Crippen molar-refractivity contribution in [1.29, 1.82) is 5.26 Å². The summed E-state index contributed by atoms with van der Waals surface area (Å²) >= 11 is 0. The number of nitrogens with zero attached hydrogens (tertiary/aromatic N) is 2. The molecule has 0 radical (unpaired) electrons. The molecule has 0 fully saturated rings. The number of aromatic nitrogens is 1. The number of carbonyl (C=O) groups excluding carboxylic acids is 1. The summed E-state index contributed by atoms with van der Waals surface area (Å²) in [7, 11) is 0. The molecule has 1 aromatic heterocycles. The van der Waals surface area contributed by atoms with E-state index in [2.05, 4.69) is 24.1 Å². The fraction of sp³-hybridized carbons (Fsp3) is 0.211. The highest BCUT2D eigenvalue weighted by Crippen LogP contribution is 2.16. The average Bonchev–Trinajstić information content (AvgIpc) is 2.59. The molecule has 1 amide bonds. The van der Waals surface area contributed by atoms with Gasteiger partial charge in [-0.25, -0.2) is 0 Å². The Balaban J connectivity index is 2.06. The smallest absolute Gasteiger partial charge is 0.262 e. The van der Waals surface area contributed by atoms with Crippen LogP contribution in [0.15, 0.2) is 54.4 Å². The van der Waals surface area contributed by atoms with Crippen molar-refractivity contribution in [3.63, 3.8) is 0 Å². The lowest BCUT2D eigenvalue weighted by Gasteiger charge is -2.06. The summed E-state index contributed by atoms with van der Waals surface area (Å²) in [6.07, 6.45) is 4.93. The second-order valence-corrected chi connectivity index (χ2v) is 5.53. The van der Waals surface area contributed by atoms with Crippen LogP contribution in [0.25, 0.3) is 6.08 Å². The molecule has 4 nitrogen and oxygen atoms in total. The molecule has 0 saturated heterocycles. The topological polar surface area (TPSA) is 65.8 Å². The van der Waals surface area contributed by atoms with Crippen LogP contribution >= 0.6 is 0 Å². The quantitative estimate of drug-likeness (QED) is 0.680. The lowest BCUT2D eigenvalue weighted by molar-refractivity contribution is -0.117. The maximum atomic E-state index is 12.1. The predicted octanol–water partition coefficient (Wildman–Crippen LogP) is 3.43. The first kappa shape index (κ1) is 16.4. The third kappa shape index (κ3) is 4.79. The minimum Gasteiger partial charge on any atom is -0.347 e. The molecule has 1 N–H and O–H groups in total. The first-order chi connectivity index (χ1) is 11.1. The van der Waals surface area contributed by atoms with Crippen molar-refractivity contribution in [2.45, 2.75) is 26.3 Å². The normalized spacial score (nSPS) is 11.1. The number of nitrogens with one attached hydrogen (secondary N) is 1. The van der Waals surface area contributed by atoms with Crippen LogP contribution in [0.2, 0.25) is 0 Å². The number of hydrogen-bond donors (Lipinski definition) is 1. The number of rotatable bonds is 5. The van der Waals surface area contributed by atoms with Crippen molar-refractivity contribution in [2.75, 3.05) is 0 Å². The van der Waals surface area contributed by atoms with E-state index in [1.54, 1.807) is 18.5 Å². The van der Waals surface area contributed by atoms with E-state index >= 15 is 0 Å². The molecular formula is C19H19N3O. The van der Waals surface area contributed by atoms with E-state index in [4.69, 9.17) is 0 Å². The molecule has 1 aromatic carbocycles. The Bertz CT molecular complexity index is 725. The third-order valence-electron chi connectivity index (χ3n) is 3.48. The fourth-order valence-corrected chi connectivity index (χ4v) is 2.07. The summed E-state index contributed by atoms with van der Waals surface area (Å²) in [4.78, 5) is 16.0. The Hall–Kier alpha value is -2.93. The zero-order chi connectivity index (χ0) is 16.7. The van der Waals surface area contributed by atoms with E-state index in [9.17, 15) is 10.1 Å². The number of nitriles is 1. The molecular weight excluding hydrogens is 286 g/mol. The van der Waals surface area contributed by atoms with Crippen molar-refractivity contribution >= 4 is 12.0 Å². The summed E-state index contributed by atoms with van der Waals surface area (Å²) in [6, 6.07) is 13.5. The van der Waals surface area contributed by atoms with E-state index in [0.717, 1.165) is 11.1 Å². The maximum Gasteiger partial charge on any atom is 0.262 e. The van der Waals surface area contributed by atoms with Crippen LogP contribution in [-0.2, 0) is 11.3 Å². The molecule has 0 atom stereocenters. The SMILES string of the molecule is CC(C)c1ccc(/C=C(\C#N)C(=O)NCc2ccncc2)cc1. The summed E-state index contributed by atoms with van der Waals surface area (Å²) in [5.41, 5.74) is 3.09. The van der Waals surface area contributed by atoms with Crippen molar-refractivity contribution in [3.05, 3.63) is 71.1 Å². The van der Waals surface area contributed by atoms with Gasteiger partial charge in [0.1, 0.15) is 11.6 Å². The number of amides is 1. The molecule has 0 aliphatic carbocycles. The van der Waals surface area contributed by atoms with Crippen LogP contribution in [-0.4, -0.2) is 10.9 Å². The Morgan fingerprint density at radius 1 is 1.22 bits per heavy atom. The molecule has 0 spiro atoms. The number of benzene rings is 1. The van der Waals surface area contributed by atoms with E-state index in [1.165, 1.54) is 5.56 Å². The Kier molecular flexibility index (Phi) is 5.65. The van der Waals surface area contributed by atoms with Crippen LogP contribution in [0.4, 0.5) is 0 Å². The summed E-state index contributed by atoms with van der Waals surface area (Å²) in [5.74, 6) is 0.0735. The zero-order valence-electron chi connectivity index (χ0n) is 13.3. The average molecular weight is 305 g/mol. The Morgan fingerprint density at radius 3 is 2.43 bits per heavy atom. The van der Waals surface area contributed by atoms with Gasteiger partial charge in [0.05, 0.1) is 0 Å². The molecule has 0 bridgehead atoms. The highest BCUT2D eigenvalue weighted by molar-refractivity contribution is 6.01. The zero-order valence-corrected chi connectivity index (χ0v) is 13.3. The van der Waals surface area contributed by atoms with Gasteiger partial charge < -0.3 is 5.32 Å². The molecule has 0 aliphatic heterocycles. The molecule has 0 unspecified atom stereocenters. The van der Waals surface area contributed by atoms with Gasteiger partial charge in [0, 0.05) is 18.9 Å². The number of hydrogen-bond acceptors (Lipinski definition) is 3. The lowest BCUT2D eigenvalue weighted by Crippen LogP contribution is -2.23. The van der Waals surface area contributed by atoms with Crippen molar-refractivity contribution in [1.82, 2.24) is 10.3 Å². The van der Waals surface area contributed by atoms with Crippen LogP contribution in [0.1, 0.15) is 36.5 Å². The largest absolute Gasteiger partial charge is 0.347 e. The van der Waals surface area contributed by atoms with Gasteiger partial charge in [-0.1, -0.05) is 38.1 Å². The minimum atomic E-state index is -0.378. The van der Waals surface area contributed by atoms with Crippen molar-refractivity contribution < 1.29 is 4.79 Å². The van der Waals surface area contributed by atoms with Crippen LogP contribution in [0.3, 0.4) is 0 Å². The Morgan fingerprint density at radius 2 is 1.87 bits per heavy atom. The van der Waals surface area contributed by atoms with Gasteiger partial charge in [-0.2, -0.15) is 5.26 Å². The standard InChI is InChI=1S/C19H19N3O/c1-14(2)17-5-3-15(4-6-17)11-18(12-20)19(23)22-13-16-7-9-21-10-8-16/h3-11,14H,13H2,1-2H3,(H,22,23)/b18-11+. The summed E-state index contributed by atoms with van der Waals surface area (Å²) < 4.78 is 0. The monoisotopic (exact) mass is 305 g/mol. The minimum absolute atomic E-state index is 0.0938. The molecule has 0 saturated carbocycles. The van der Waals surface area contributed by atoms with Gasteiger partial charge in [0.2, 0.25) is 0 Å². The van der Waals surface area contributed by atoms with Gasteiger partial charge in [0.25, 0.3) is 5.91 Å². The third-order valence-corrected chi connectivity index (χ3v) is 3.48. The van der Waals surface area contributed by atoms with Crippen LogP contribution in [0, 0.1) is 11.3 Å². The summed E-state index contributed by atoms with van der Waals surface area (Å²) in [5, 5.41) is 12.0. The van der Waals surface area contributed by atoms with Crippen molar-refractivity contribution in [2.24, 2.45) is 0 Å². The lowest BCUT2D eigenvalue weighted by atomic mass is 10.0. The predicted molar refractivity (Wildman–Crippen MR) is 90.2 cm³/mol. The van der Waals surface area contributed by atoms with Crippen LogP contribution < -0.4 is 5.32 Å². The maximum absolute atomic E-state index is 12.1. The number of carbonyl (C=O) groups is 1. The molecule has 0 aliphatic rings. The van der Waals surface area contributed by atoms with Gasteiger partial charge >= 0.3 is 0 Å². The first-order valence-corrected chi connectivity index (χ1v) is 7.49. The highest BCUT2D eigenvalue weighted by atomic mass is 16.1. The van der Waals surface area contributed by atoms with E-state index in [-0.39, 0.29) is 11.5 Å². The van der Waals surface area contributed by atoms with Crippen LogP contribution in [0.5, 0.6) is 0 Å². The molecule has 116 valence electrons. The Labute approximate surface area is 136 Å². The molecule has 1 heterocycles. The highest BCUT2D eigenvalue weighted by Gasteiger charge is 2.09. The van der Waals surface area contributed by atoms with Crippen molar-refractivity contribution in [3.8, 4) is 6.07 Å². The molecule has 2 rings (SSSR count). The summed E-state index contributed by atoms with van der Waals surface area (Å²) in [6.45, 7) is 4.61. The molecule has 2 aromatic rings. The van der Waals surface area contributed by atoms with Gasteiger partial charge in [0.15, 0.2) is 0 Å². The van der Waals surface area contributed by atoms with E-state index < -0.39 is 0 Å². The second kappa shape index (κ2) is 7.90. The van der Waals surface area contributed by atoms with Gasteiger partial charge in [-0.3, -0.25) is 9.78 Å². The number of pyridine rings is 1. The van der Waals surface area contributed by atoms with Gasteiger partial charge in [-0.15, -0.1) is 0 Å². The molecule has 4 heteroatoms. The molecule has 23 heavy (non-hydrogen) atoms.